The molecule has 8 nitrogen and oxygen atoms in total. The van der Waals surface area contributed by atoms with Crippen LogP contribution < -0.4 is 14.2 Å². The monoisotopic (exact) mass is 386 g/mol. The Labute approximate surface area is 162 Å². The van der Waals surface area contributed by atoms with Crippen LogP contribution in [-0.2, 0) is 4.79 Å². The van der Waals surface area contributed by atoms with E-state index in [1.807, 2.05) is 12.1 Å². The van der Waals surface area contributed by atoms with Crippen molar-refractivity contribution in [3.63, 3.8) is 0 Å². The van der Waals surface area contributed by atoms with E-state index in [0.29, 0.717) is 18.0 Å². The van der Waals surface area contributed by atoms with Gasteiger partial charge in [0.15, 0.2) is 12.4 Å². The molecule has 1 heterocycles. The Morgan fingerprint density at radius 2 is 1.96 bits per heavy atom. The number of nitro groups is 1. The minimum Gasteiger partial charge on any atom is -0.497 e. The third-order valence-corrected chi connectivity index (χ3v) is 4.79. The van der Waals surface area contributed by atoms with Gasteiger partial charge >= 0.3 is 5.69 Å². The first-order chi connectivity index (χ1) is 13.5. The zero-order chi connectivity index (χ0) is 20.1. The Morgan fingerprint density at radius 3 is 2.68 bits per heavy atom. The van der Waals surface area contributed by atoms with E-state index >= 15 is 0 Å². The van der Waals surface area contributed by atoms with Gasteiger partial charge in [-0.1, -0.05) is 12.1 Å². The number of rotatable bonds is 7. The molecule has 2 aromatic carbocycles. The predicted molar refractivity (Wildman–Crippen MR) is 102 cm³/mol. The first-order valence-corrected chi connectivity index (χ1v) is 8.92. The summed E-state index contributed by atoms with van der Waals surface area (Å²) in [6.07, 6.45) is 1.66. The second-order valence-corrected chi connectivity index (χ2v) is 6.37. The van der Waals surface area contributed by atoms with Crippen LogP contribution in [0.1, 0.15) is 24.4 Å². The van der Waals surface area contributed by atoms with Crippen LogP contribution >= 0.6 is 0 Å². The van der Waals surface area contributed by atoms with Crippen LogP contribution in [0.15, 0.2) is 42.5 Å². The number of hydrogen-bond acceptors (Lipinski definition) is 6. The van der Waals surface area contributed by atoms with Crippen LogP contribution in [-0.4, -0.2) is 43.1 Å². The van der Waals surface area contributed by atoms with Gasteiger partial charge in [-0.25, -0.2) is 0 Å². The highest BCUT2D eigenvalue weighted by atomic mass is 16.6. The molecule has 0 radical (unpaired) electrons. The molecule has 1 fully saturated rings. The number of para-hydroxylation sites is 2. The number of carbonyl (C=O) groups excluding carboxylic acids is 1. The summed E-state index contributed by atoms with van der Waals surface area (Å²) in [5, 5.41) is 11.1. The van der Waals surface area contributed by atoms with Gasteiger partial charge in [0.2, 0.25) is 0 Å². The van der Waals surface area contributed by atoms with Crippen molar-refractivity contribution in [1.82, 2.24) is 4.90 Å². The lowest BCUT2D eigenvalue weighted by Gasteiger charge is -2.26. The smallest absolute Gasteiger partial charge is 0.310 e. The number of amides is 1. The van der Waals surface area contributed by atoms with Crippen molar-refractivity contribution >= 4 is 11.6 Å². The van der Waals surface area contributed by atoms with E-state index in [2.05, 4.69) is 0 Å². The Balaban J connectivity index is 1.75. The van der Waals surface area contributed by atoms with E-state index in [9.17, 15) is 14.9 Å². The first kappa shape index (κ1) is 19.5. The minimum absolute atomic E-state index is 0.0821. The standard InChI is InChI=1S/C20H22N2O6/c1-26-14-9-10-15(19(12-14)27-2)16-7-5-11-21(16)20(23)13-28-18-8-4-3-6-17(18)22(24)25/h3-4,6,8-10,12,16H,5,7,11,13H2,1-2H3/t16-/m1/s1. The van der Waals surface area contributed by atoms with Crippen molar-refractivity contribution in [1.29, 1.82) is 0 Å². The number of hydrogen-bond donors (Lipinski definition) is 0. The highest BCUT2D eigenvalue weighted by Gasteiger charge is 2.32. The normalized spacial score (nSPS) is 15.9. The van der Waals surface area contributed by atoms with Gasteiger partial charge in [-0.3, -0.25) is 14.9 Å². The largest absolute Gasteiger partial charge is 0.497 e. The maximum Gasteiger partial charge on any atom is 0.310 e. The molecule has 0 aliphatic carbocycles. The maximum atomic E-state index is 12.8. The van der Waals surface area contributed by atoms with Gasteiger partial charge < -0.3 is 19.1 Å². The van der Waals surface area contributed by atoms with Crippen molar-refractivity contribution < 1.29 is 23.9 Å². The van der Waals surface area contributed by atoms with E-state index in [0.717, 1.165) is 18.4 Å². The molecule has 0 aromatic heterocycles. The molecule has 148 valence electrons. The minimum atomic E-state index is -0.527. The van der Waals surface area contributed by atoms with Gasteiger partial charge in [-0.15, -0.1) is 0 Å². The molecule has 0 N–H and O–H groups in total. The summed E-state index contributed by atoms with van der Waals surface area (Å²) in [5.74, 6) is 1.19. The molecule has 0 unspecified atom stereocenters. The molecule has 0 bridgehead atoms. The third kappa shape index (κ3) is 4.00. The predicted octanol–water partition coefficient (Wildman–Crippen LogP) is 3.35. The number of nitrogens with zero attached hydrogens (tertiary/aromatic N) is 2. The molecule has 3 rings (SSSR count). The molecule has 0 saturated carbocycles. The maximum absolute atomic E-state index is 12.8. The molecule has 28 heavy (non-hydrogen) atoms. The third-order valence-electron chi connectivity index (χ3n) is 4.79. The Morgan fingerprint density at radius 1 is 1.18 bits per heavy atom. The van der Waals surface area contributed by atoms with Crippen molar-refractivity contribution in [2.45, 2.75) is 18.9 Å². The van der Waals surface area contributed by atoms with Crippen molar-refractivity contribution in [3.05, 3.63) is 58.1 Å². The summed E-state index contributed by atoms with van der Waals surface area (Å²) in [5.41, 5.74) is 0.741. The Kier molecular flexibility index (Phi) is 5.98. The lowest BCUT2D eigenvalue weighted by Crippen LogP contribution is -2.34. The molecule has 2 aromatic rings. The number of ether oxygens (including phenoxy) is 3. The topological polar surface area (TPSA) is 91.1 Å². The van der Waals surface area contributed by atoms with Crippen LogP contribution in [0.2, 0.25) is 0 Å². The molecule has 1 saturated heterocycles. The number of likely N-dealkylation sites (tertiary alicyclic amines) is 1. The summed E-state index contributed by atoms with van der Waals surface area (Å²) in [6, 6.07) is 11.4. The zero-order valence-electron chi connectivity index (χ0n) is 15.8. The molecule has 1 atom stereocenters. The van der Waals surface area contributed by atoms with E-state index < -0.39 is 4.92 Å². The average Bonchev–Trinajstić information content (AvgIpc) is 3.21. The number of nitro benzene ring substituents is 1. The number of benzene rings is 2. The summed E-state index contributed by atoms with van der Waals surface area (Å²) < 4.78 is 16.2. The van der Waals surface area contributed by atoms with Gasteiger partial charge in [0.25, 0.3) is 5.91 Å². The van der Waals surface area contributed by atoms with Gasteiger partial charge in [0.05, 0.1) is 25.2 Å². The second kappa shape index (κ2) is 8.60. The molecule has 1 aliphatic rings. The molecule has 1 amide bonds. The number of methoxy groups -OCH3 is 2. The van der Waals surface area contributed by atoms with E-state index in [4.69, 9.17) is 14.2 Å². The van der Waals surface area contributed by atoms with Crippen molar-refractivity contribution in [2.75, 3.05) is 27.4 Å². The summed E-state index contributed by atoms with van der Waals surface area (Å²) in [4.78, 5) is 25.1. The highest BCUT2D eigenvalue weighted by molar-refractivity contribution is 5.79. The van der Waals surface area contributed by atoms with Gasteiger partial charge in [0, 0.05) is 24.2 Å². The van der Waals surface area contributed by atoms with Gasteiger partial charge in [-0.2, -0.15) is 0 Å². The SMILES string of the molecule is COc1ccc([C@H]2CCCN2C(=O)COc2ccccc2[N+](=O)[O-])c(OC)c1. The second-order valence-electron chi connectivity index (χ2n) is 6.37. The fourth-order valence-corrected chi connectivity index (χ4v) is 3.43. The molecule has 8 heteroatoms. The quantitative estimate of drug-likeness (QED) is 0.535. The van der Waals surface area contributed by atoms with Gasteiger partial charge in [-0.05, 0) is 31.0 Å². The van der Waals surface area contributed by atoms with E-state index in [1.165, 1.54) is 12.1 Å². The van der Waals surface area contributed by atoms with Crippen LogP contribution in [0, 0.1) is 10.1 Å². The van der Waals surface area contributed by atoms with Crippen LogP contribution in [0.4, 0.5) is 5.69 Å². The molecular weight excluding hydrogens is 364 g/mol. The van der Waals surface area contributed by atoms with Crippen LogP contribution in [0.3, 0.4) is 0 Å². The van der Waals surface area contributed by atoms with Crippen LogP contribution in [0.5, 0.6) is 17.2 Å². The summed E-state index contributed by atoms with van der Waals surface area (Å²) >= 11 is 0. The van der Waals surface area contributed by atoms with Gasteiger partial charge in [0.1, 0.15) is 11.5 Å². The van der Waals surface area contributed by atoms with Crippen LogP contribution in [0.25, 0.3) is 0 Å². The lowest BCUT2D eigenvalue weighted by atomic mass is 10.0. The molecule has 1 aliphatic heterocycles. The average molecular weight is 386 g/mol. The Bertz CT molecular complexity index is 870. The van der Waals surface area contributed by atoms with Crippen molar-refractivity contribution in [3.8, 4) is 17.2 Å². The van der Waals surface area contributed by atoms with E-state index in [-0.39, 0.29) is 30.0 Å². The fourth-order valence-electron chi connectivity index (χ4n) is 3.43. The Hall–Kier alpha value is -3.29. The summed E-state index contributed by atoms with van der Waals surface area (Å²) in [6.45, 7) is 0.332. The highest BCUT2D eigenvalue weighted by Crippen LogP contribution is 2.38. The zero-order valence-corrected chi connectivity index (χ0v) is 15.8. The number of carbonyl (C=O) groups is 1. The summed E-state index contributed by atoms with van der Waals surface area (Å²) in [7, 11) is 3.16. The van der Waals surface area contributed by atoms with Crippen molar-refractivity contribution in [2.24, 2.45) is 0 Å². The fraction of sp³-hybridized carbons (Fsp3) is 0.350. The molecule has 0 spiro atoms. The molecular formula is C20H22N2O6. The lowest BCUT2D eigenvalue weighted by molar-refractivity contribution is -0.385. The van der Waals surface area contributed by atoms with E-state index in [1.54, 1.807) is 37.3 Å². The first-order valence-electron chi connectivity index (χ1n) is 8.92.